The summed E-state index contributed by atoms with van der Waals surface area (Å²) in [5, 5.41) is 16.1. The molecule has 0 saturated carbocycles. The van der Waals surface area contributed by atoms with Crippen molar-refractivity contribution in [2.75, 3.05) is 13.1 Å². The number of aromatic nitrogens is 3. The van der Waals surface area contributed by atoms with Crippen molar-refractivity contribution in [1.82, 2.24) is 19.9 Å². The first-order chi connectivity index (χ1) is 11.5. The molecule has 1 aliphatic rings. The average Bonchev–Trinajstić information content (AvgIpc) is 3.04. The van der Waals surface area contributed by atoms with Crippen LogP contribution in [-0.4, -0.2) is 50.0 Å². The number of carbonyl (C=O) groups is 2. The molecule has 1 aromatic heterocycles. The second-order valence-corrected chi connectivity index (χ2v) is 6.23. The van der Waals surface area contributed by atoms with E-state index in [1.54, 1.807) is 0 Å². The number of benzene rings is 1. The summed E-state index contributed by atoms with van der Waals surface area (Å²) in [5.41, 5.74) is 1.17. The lowest BCUT2D eigenvalue weighted by atomic mass is 9.81. The zero-order valence-electron chi connectivity index (χ0n) is 13.5. The molecule has 2 aromatic rings. The molecule has 3 rings (SSSR count). The van der Waals surface area contributed by atoms with E-state index in [1.165, 1.54) is 16.4 Å². The number of carboxylic acids is 1. The van der Waals surface area contributed by atoms with Crippen molar-refractivity contribution in [2.45, 2.75) is 25.8 Å². The number of hydrogen-bond donors (Lipinski definition) is 1. The molecule has 1 N–H and O–H groups in total. The number of nitrogens with zero attached hydrogens (tertiary/aromatic N) is 4. The van der Waals surface area contributed by atoms with Crippen LogP contribution in [0.5, 0.6) is 0 Å². The second kappa shape index (κ2) is 6.82. The molecule has 7 heteroatoms. The Morgan fingerprint density at radius 3 is 2.67 bits per heavy atom. The number of carbonyl (C=O) groups excluding carboxylic acids is 1. The van der Waals surface area contributed by atoms with Crippen LogP contribution in [0.1, 0.15) is 35.3 Å². The van der Waals surface area contributed by atoms with E-state index in [4.69, 9.17) is 5.11 Å². The van der Waals surface area contributed by atoms with E-state index >= 15 is 0 Å². The molecule has 0 spiro atoms. The standard InChI is InChI=1S/C17H20N4O3/c1-12-9-20(8-7-14(12)13-5-3-2-4-6-13)16(22)11-21-10-15(17(23)24)18-19-21/h2-6,10,12,14H,7-9,11H2,1H3,(H,23,24). The number of amides is 1. The number of carboxylic acid groups (broad SMARTS) is 1. The Labute approximate surface area is 139 Å². The van der Waals surface area contributed by atoms with Gasteiger partial charge in [0.25, 0.3) is 0 Å². The Morgan fingerprint density at radius 2 is 2.04 bits per heavy atom. The molecule has 2 unspecified atom stereocenters. The lowest BCUT2D eigenvalue weighted by Crippen LogP contribution is -2.43. The lowest BCUT2D eigenvalue weighted by molar-refractivity contribution is -0.134. The summed E-state index contributed by atoms with van der Waals surface area (Å²) in [5.74, 6) is -0.378. The van der Waals surface area contributed by atoms with Gasteiger partial charge in [0.2, 0.25) is 5.91 Å². The fourth-order valence-corrected chi connectivity index (χ4v) is 3.28. The SMILES string of the molecule is CC1CN(C(=O)Cn2cc(C(=O)O)nn2)CCC1c1ccccc1. The zero-order valence-corrected chi connectivity index (χ0v) is 13.5. The van der Waals surface area contributed by atoms with Crippen LogP contribution < -0.4 is 0 Å². The monoisotopic (exact) mass is 328 g/mol. The quantitative estimate of drug-likeness (QED) is 0.921. The van der Waals surface area contributed by atoms with Gasteiger partial charge in [0.15, 0.2) is 5.69 Å². The summed E-state index contributed by atoms with van der Waals surface area (Å²) >= 11 is 0. The highest BCUT2D eigenvalue weighted by molar-refractivity contribution is 5.84. The molecule has 1 aromatic carbocycles. The van der Waals surface area contributed by atoms with Gasteiger partial charge in [-0.05, 0) is 23.8 Å². The number of aromatic carboxylic acids is 1. The van der Waals surface area contributed by atoms with Gasteiger partial charge in [-0.2, -0.15) is 0 Å². The summed E-state index contributed by atoms with van der Waals surface area (Å²) in [6.07, 6.45) is 2.20. The topological polar surface area (TPSA) is 88.3 Å². The molecule has 1 fully saturated rings. The van der Waals surface area contributed by atoms with E-state index in [-0.39, 0.29) is 18.1 Å². The van der Waals surface area contributed by atoms with Gasteiger partial charge in [-0.15, -0.1) is 5.10 Å². The first-order valence-electron chi connectivity index (χ1n) is 8.00. The van der Waals surface area contributed by atoms with Crippen molar-refractivity contribution < 1.29 is 14.7 Å². The minimum atomic E-state index is -1.15. The maximum atomic E-state index is 12.4. The summed E-state index contributed by atoms with van der Waals surface area (Å²) < 4.78 is 1.28. The summed E-state index contributed by atoms with van der Waals surface area (Å²) in [6, 6.07) is 10.4. The molecule has 7 nitrogen and oxygen atoms in total. The van der Waals surface area contributed by atoms with E-state index < -0.39 is 5.97 Å². The number of rotatable bonds is 4. The number of piperidine rings is 1. The third kappa shape index (κ3) is 3.45. The van der Waals surface area contributed by atoms with Gasteiger partial charge < -0.3 is 10.0 Å². The Morgan fingerprint density at radius 1 is 1.29 bits per heavy atom. The molecule has 2 heterocycles. The Balaban J connectivity index is 1.60. The van der Waals surface area contributed by atoms with Crippen LogP contribution in [0.2, 0.25) is 0 Å². The van der Waals surface area contributed by atoms with Crippen LogP contribution in [0.15, 0.2) is 36.5 Å². The van der Waals surface area contributed by atoms with Gasteiger partial charge in [0.1, 0.15) is 6.54 Å². The zero-order chi connectivity index (χ0) is 17.1. The first-order valence-corrected chi connectivity index (χ1v) is 8.00. The number of hydrogen-bond acceptors (Lipinski definition) is 4. The second-order valence-electron chi connectivity index (χ2n) is 6.23. The Kier molecular flexibility index (Phi) is 4.59. The summed E-state index contributed by atoms with van der Waals surface area (Å²) in [7, 11) is 0. The fourth-order valence-electron chi connectivity index (χ4n) is 3.28. The van der Waals surface area contributed by atoms with Crippen LogP contribution in [0, 0.1) is 5.92 Å². The van der Waals surface area contributed by atoms with E-state index in [2.05, 4.69) is 29.4 Å². The number of likely N-dealkylation sites (tertiary alicyclic amines) is 1. The van der Waals surface area contributed by atoms with Crippen LogP contribution in [0.25, 0.3) is 0 Å². The Hall–Kier alpha value is -2.70. The van der Waals surface area contributed by atoms with E-state index in [1.807, 2.05) is 23.1 Å². The third-order valence-corrected chi connectivity index (χ3v) is 4.54. The van der Waals surface area contributed by atoms with Crippen molar-refractivity contribution in [2.24, 2.45) is 5.92 Å². The van der Waals surface area contributed by atoms with Crippen molar-refractivity contribution in [1.29, 1.82) is 0 Å². The van der Waals surface area contributed by atoms with Crippen LogP contribution in [-0.2, 0) is 11.3 Å². The van der Waals surface area contributed by atoms with Crippen molar-refractivity contribution in [3.63, 3.8) is 0 Å². The van der Waals surface area contributed by atoms with E-state index in [0.29, 0.717) is 24.9 Å². The highest BCUT2D eigenvalue weighted by Gasteiger charge is 2.29. The molecular weight excluding hydrogens is 308 g/mol. The van der Waals surface area contributed by atoms with E-state index in [0.717, 1.165) is 6.42 Å². The first kappa shape index (κ1) is 16.2. The minimum absolute atomic E-state index is 0.0169. The maximum Gasteiger partial charge on any atom is 0.358 e. The van der Waals surface area contributed by atoms with Crippen molar-refractivity contribution >= 4 is 11.9 Å². The maximum absolute atomic E-state index is 12.4. The molecule has 1 aliphatic heterocycles. The average molecular weight is 328 g/mol. The highest BCUT2D eigenvalue weighted by atomic mass is 16.4. The highest BCUT2D eigenvalue weighted by Crippen LogP contribution is 2.32. The van der Waals surface area contributed by atoms with Gasteiger partial charge in [-0.25, -0.2) is 9.48 Å². The summed E-state index contributed by atoms with van der Waals surface area (Å²) in [4.78, 5) is 25.1. The molecule has 2 atom stereocenters. The van der Waals surface area contributed by atoms with Crippen LogP contribution in [0.4, 0.5) is 0 Å². The lowest BCUT2D eigenvalue weighted by Gasteiger charge is -2.37. The van der Waals surface area contributed by atoms with Crippen molar-refractivity contribution in [3.05, 3.63) is 47.8 Å². The molecule has 24 heavy (non-hydrogen) atoms. The predicted octanol–water partition coefficient (Wildman–Crippen LogP) is 1.63. The van der Waals surface area contributed by atoms with Crippen LogP contribution in [0.3, 0.4) is 0 Å². The molecule has 1 amide bonds. The molecular formula is C17H20N4O3. The minimum Gasteiger partial charge on any atom is -0.476 e. The van der Waals surface area contributed by atoms with Gasteiger partial charge in [0, 0.05) is 13.1 Å². The van der Waals surface area contributed by atoms with Gasteiger partial charge in [-0.1, -0.05) is 42.5 Å². The fraction of sp³-hybridized carbons (Fsp3) is 0.412. The van der Waals surface area contributed by atoms with Gasteiger partial charge in [0.05, 0.1) is 6.20 Å². The smallest absolute Gasteiger partial charge is 0.358 e. The van der Waals surface area contributed by atoms with Gasteiger partial charge in [-0.3, -0.25) is 4.79 Å². The van der Waals surface area contributed by atoms with E-state index in [9.17, 15) is 9.59 Å². The van der Waals surface area contributed by atoms with Crippen LogP contribution >= 0.6 is 0 Å². The predicted molar refractivity (Wildman–Crippen MR) is 86.5 cm³/mol. The van der Waals surface area contributed by atoms with Gasteiger partial charge >= 0.3 is 5.97 Å². The molecule has 126 valence electrons. The normalized spacial score (nSPS) is 20.8. The Bertz CT molecular complexity index is 728. The molecule has 0 aliphatic carbocycles. The molecule has 0 bridgehead atoms. The molecule has 0 radical (unpaired) electrons. The molecule has 1 saturated heterocycles. The third-order valence-electron chi connectivity index (χ3n) is 4.54. The summed E-state index contributed by atoms with van der Waals surface area (Å²) in [6.45, 7) is 3.57. The largest absolute Gasteiger partial charge is 0.476 e. The van der Waals surface area contributed by atoms with Crippen molar-refractivity contribution in [3.8, 4) is 0 Å².